The van der Waals surface area contributed by atoms with Gasteiger partial charge in [0, 0.05) is 11.9 Å². The van der Waals surface area contributed by atoms with E-state index in [2.05, 4.69) is 74.7 Å². The largest absolute Gasteiger partial charge is 0.265 e. The monoisotopic (exact) mass is 289 g/mol. The fourth-order valence-electron chi connectivity index (χ4n) is 3.12. The predicted molar refractivity (Wildman–Crippen MR) is 94.6 cm³/mol. The highest BCUT2D eigenvalue weighted by Gasteiger charge is 2.21. The van der Waals surface area contributed by atoms with Crippen molar-refractivity contribution in [1.29, 1.82) is 0 Å². The van der Waals surface area contributed by atoms with Crippen molar-refractivity contribution in [3.63, 3.8) is 0 Å². The molecule has 0 radical (unpaired) electrons. The number of benzene rings is 2. The van der Waals surface area contributed by atoms with Crippen LogP contribution < -0.4 is 0 Å². The van der Waals surface area contributed by atoms with Crippen molar-refractivity contribution in [3.05, 3.63) is 82.6 Å². The Labute approximate surface area is 133 Å². The van der Waals surface area contributed by atoms with E-state index in [1.807, 2.05) is 0 Å². The maximum Gasteiger partial charge on any atom is 0.0512 e. The lowest BCUT2D eigenvalue weighted by atomic mass is 9.84. The van der Waals surface area contributed by atoms with E-state index in [4.69, 9.17) is 4.99 Å². The van der Waals surface area contributed by atoms with E-state index in [-0.39, 0.29) is 5.92 Å². The second kappa shape index (κ2) is 6.74. The molecule has 0 spiro atoms. The molecular weight excluding hydrogens is 266 g/mol. The Morgan fingerprint density at radius 1 is 0.909 bits per heavy atom. The maximum absolute atomic E-state index is 4.78. The number of nitrogens with zero attached hydrogens (tertiary/aromatic N) is 1. The summed E-state index contributed by atoms with van der Waals surface area (Å²) in [4.78, 5) is 4.78. The third-order valence-corrected chi connectivity index (χ3v) is 4.52. The van der Waals surface area contributed by atoms with Crippen LogP contribution in [0.5, 0.6) is 0 Å². The number of hydrogen-bond donors (Lipinski definition) is 0. The molecule has 2 aromatic rings. The minimum atomic E-state index is 0.232. The Kier molecular flexibility index (Phi) is 4.53. The third-order valence-electron chi connectivity index (χ3n) is 4.52. The Hall–Kier alpha value is -2.15. The van der Waals surface area contributed by atoms with Crippen LogP contribution in [0.2, 0.25) is 0 Å². The molecule has 1 atom stereocenters. The molecule has 0 saturated heterocycles. The second-order valence-corrected chi connectivity index (χ2v) is 6.00. The van der Waals surface area contributed by atoms with Crippen LogP contribution in [0, 0.1) is 13.8 Å². The van der Waals surface area contributed by atoms with Crippen LogP contribution in [0.4, 0.5) is 0 Å². The van der Waals surface area contributed by atoms with Crippen molar-refractivity contribution >= 4 is 6.21 Å². The molecule has 1 aliphatic rings. The Balaban J connectivity index is 2.15. The highest BCUT2D eigenvalue weighted by atomic mass is 14.7. The van der Waals surface area contributed by atoms with Gasteiger partial charge in [0.1, 0.15) is 0 Å². The molecule has 0 aromatic heterocycles. The maximum atomic E-state index is 4.78. The number of aryl methyl sites for hydroxylation is 1. The molecule has 2 aromatic carbocycles. The Morgan fingerprint density at radius 3 is 2.55 bits per heavy atom. The fourth-order valence-corrected chi connectivity index (χ4v) is 3.12. The third kappa shape index (κ3) is 3.04. The van der Waals surface area contributed by atoms with Gasteiger partial charge in [-0.2, -0.15) is 0 Å². The average molecular weight is 289 g/mol. The Morgan fingerprint density at radius 2 is 1.73 bits per heavy atom. The van der Waals surface area contributed by atoms with Crippen molar-refractivity contribution in [2.24, 2.45) is 4.99 Å². The SMILES string of the molecule is Cc1cccc(C(C2=CCCCC=N2)c2ccccc2)c1C. The number of allylic oxidation sites excluding steroid dienone is 2. The number of rotatable bonds is 3. The zero-order valence-corrected chi connectivity index (χ0v) is 13.4. The van der Waals surface area contributed by atoms with Gasteiger partial charge in [0.15, 0.2) is 0 Å². The van der Waals surface area contributed by atoms with Gasteiger partial charge in [0.05, 0.1) is 5.92 Å². The van der Waals surface area contributed by atoms with Gasteiger partial charge in [0.2, 0.25) is 0 Å². The smallest absolute Gasteiger partial charge is 0.0512 e. The zero-order chi connectivity index (χ0) is 15.4. The van der Waals surface area contributed by atoms with Gasteiger partial charge < -0.3 is 0 Å². The highest BCUT2D eigenvalue weighted by Crippen LogP contribution is 2.36. The molecule has 0 aliphatic carbocycles. The molecule has 112 valence electrons. The molecule has 1 aliphatic heterocycles. The van der Waals surface area contributed by atoms with Gasteiger partial charge >= 0.3 is 0 Å². The molecule has 22 heavy (non-hydrogen) atoms. The van der Waals surface area contributed by atoms with Gasteiger partial charge in [-0.15, -0.1) is 0 Å². The summed E-state index contributed by atoms with van der Waals surface area (Å²) < 4.78 is 0. The number of hydrogen-bond acceptors (Lipinski definition) is 1. The molecule has 0 amide bonds. The first kappa shape index (κ1) is 14.8. The van der Waals surface area contributed by atoms with Crippen LogP contribution in [-0.2, 0) is 0 Å². The van der Waals surface area contributed by atoms with E-state index in [1.54, 1.807) is 0 Å². The minimum Gasteiger partial charge on any atom is -0.265 e. The molecule has 1 heteroatoms. The fraction of sp³-hybridized carbons (Fsp3) is 0.286. The van der Waals surface area contributed by atoms with Crippen LogP contribution in [0.15, 0.2) is 65.3 Å². The van der Waals surface area contributed by atoms with Crippen LogP contribution in [-0.4, -0.2) is 6.21 Å². The summed E-state index contributed by atoms with van der Waals surface area (Å²) in [6.07, 6.45) is 7.79. The molecule has 0 fully saturated rings. The zero-order valence-electron chi connectivity index (χ0n) is 13.4. The van der Waals surface area contributed by atoms with Crippen molar-refractivity contribution < 1.29 is 0 Å². The summed E-state index contributed by atoms with van der Waals surface area (Å²) in [7, 11) is 0. The first-order valence-electron chi connectivity index (χ1n) is 8.11. The van der Waals surface area contributed by atoms with Gasteiger partial charge in [-0.3, -0.25) is 4.99 Å². The van der Waals surface area contributed by atoms with Gasteiger partial charge in [0.25, 0.3) is 0 Å². The van der Waals surface area contributed by atoms with E-state index >= 15 is 0 Å². The van der Waals surface area contributed by atoms with E-state index in [9.17, 15) is 0 Å². The van der Waals surface area contributed by atoms with E-state index in [0.717, 1.165) is 12.8 Å². The van der Waals surface area contributed by atoms with Gasteiger partial charge in [-0.05, 0) is 55.4 Å². The lowest BCUT2D eigenvalue weighted by Gasteiger charge is -2.22. The molecular formula is C21H23N. The summed E-state index contributed by atoms with van der Waals surface area (Å²) in [5.41, 5.74) is 6.60. The minimum absolute atomic E-state index is 0.232. The standard InChI is InChI=1S/C21H23N/c1-16-10-9-13-19(17(16)2)21(18-11-5-3-6-12-18)20-14-7-4-8-15-22-20/h3,5-6,9-15,21H,4,7-8H2,1-2H3. The quantitative estimate of drug-likeness (QED) is 0.700. The molecule has 1 unspecified atom stereocenters. The summed E-state index contributed by atoms with van der Waals surface area (Å²) in [6.45, 7) is 4.41. The normalized spacial score (nSPS) is 16.0. The highest BCUT2D eigenvalue weighted by molar-refractivity contribution is 5.61. The number of aliphatic imine (C=N–C) groups is 1. The summed E-state index contributed by atoms with van der Waals surface area (Å²) >= 11 is 0. The summed E-state index contributed by atoms with van der Waals surface area (Å²) in [5.74, 6) is 0.232. The molecule has 3 rings (SSSR count). The predicted octanol–water partition coefficient (Wildman–Crippen LogP) is 5.57. The van der Waals surface area contributed by atoms with Gasteiger partial charge in [-0.1, -0.05) is 54.6 Å². The van der Waals surface area contributed by atoms with Crippen LogP contribution in [0.1, 0.15) is 47.4 Å². The van der Waals surface area contributed by atoms with E-state index in [0.29, 0.717) is 0 Å². The molecule has 1 nitrogen and oxygen atoms in total. The lowest BCUT2D eigenvalue weighted by molar-refractivity contribution is 0.880. The van der Waals surface area contributed by atoms with Crippen molar-refractivity contribution in [1.82, 2.24) is 0 Å². The average Bonchev–Trinajstić information content (AvgIpc) is 2.82. The van der Waals surface area contributed by atoms with E-state index < -0.39 is 0 Å². The van der Waals surface area contributed by atoms with Crippen molar-refractivity contribution in [3.8, 4) is 0 Å². The molecule has 0 saturated carbocycles. The molecule has 0 N–H and O–H groups in total. The van der Waals surface area contributed by atoms with Crippen molar-refractivity contribution in [2.45, 2.75) is 39.0 Å². The topological polar surface area (TPSA) is 12.4 Å². The summed E-state index contributed by atoms with van der Waals surface area (Å²) in [6, 6.07) is 17.3. The van der Waals surface area contributed by atoms with E-state index in [1.165, 1.54) is 34.4 Å². The first-order valence-corrected chi connectivity index (χ1v) is 8.11. The first-order chi connectivity index (χ1) is 10.8. The van der Waals surface area contributed by atoms with Crippen molar-refractivity contribution in [2.75, 3.05) is 0 Å². The lowest BCUT2D eigenvalue weighted by Crippen LogP contribution is -2.06. The second-order valence-electron chi connectivity index (χ2n) is 6.00. The van der Waals surface area contributed by atoms with Crippen LogP contribution in [0.3, 0.4) is 0 Å². The van der Waals surface area contributed by atoms with Crippen LogP contribution >= 0.6 is 0 Å². The van der Waals surface area contributed by atoms with Crippen LogP contribution in [0.25, 0.3) is 0 Å². The summed E-state index contributed by atoms with van der Waals surface area (Å²) in [5, 5.41) is 0. The molecule has 1 heterocycles. The van der Waals surface area contributed by atoms with Gasteiger partial charge in [-0.25, -0.2) is 0 Å². The Bertz CT molecular complexity index is 695. The molecule has 0 bridgehead atoms.